The molecule has 0 saturated heterocycles. The van der Waals surface area contributed by atoms with E-state index in [1.165, 1.54) is 0 Å². The van der Waals surface area contributed by atoms with Crippen LogP contribution in [0.3, 0.4) is 0 Å². The minimum Gasteiger partial charge on any atom is -0.463 e. The van der Waals surface area contributed by atoms with Crippen LogP contribution in [0.4, 0.5) is 0 Å². The van der Waals surface area contributed by atoms with Gasteiger partial charge in [-0.25, -0.2) is 0 Å². The maximum atomic E-state index is 12.2. The quantitative estimate of drug-likeness (QED) is 0.223. The van der Waals surface area contributed by atoms with Crippen molar-refractivity contribution >= 4 is 22.1 Å². The molecule has 0 aromatic carbocycles. The molecule has 166 valence electrons. The van der Waals surface area contributed by atoms with E-state index < -0.39 is 39.8 Å². The fourth-order valence-corrected chi connectivity index (χ4v) is 3.49. The van der Waals surface area contributed by atoms with Crippen LogP contribution in [0.5, 0.6) is 0 Å². The average molecular weight is 423 g/mol. The Kier molecular flexibility index (Phi) is 14.2. The van der Waals surface area contributed by atoms with Crippen molar-refractivity contribution < 1.29 is 32.0 Å². The Bertz CT molecular complexity index is 545. The second-order valence-electron chi connectivity index (χ2n) is 7.45. The highest BCUT2D eigenvalue weighted by atomic mass is 32.2. The highest BCUT2D eigenvalue weighted by molar-refractivity contribution is 7.87. The minimum absolute atomic E-state index is 0.375. The third kappa shape index (κ3) is 13.1. The van der Waals surface area contributed by atoms with Crippen LogP contribution < -0.4 is 0 Å². The molecule has 0 aliphatic rings. The number of ether oxygens (including phenoxy) is 2. The average Bonchev–Trinajstić information content (AvgIpc) is 2.59. The Balaban J connectivity index is 4.57. The number of carbonyl (C=O) groups excluding carboxylic acids is 2. The first-order chi connectivity index (χ1) is 13.1. The van der Waals surface area contributed by atoms with Crippen molar-refractivity contribution in [2.45, 2.75) is 116 Å². The van der Waals surface area contributed by atoms with E-state index in [1.54, 1.807) is 13.8 Å². The van der Waals surface area contributed by atoms with Gasteiger partial charge in [-0.2, -0.15) is 8.42 Å². The van der Waals surface area contributed by atoms with E-state index in [2.05, 4.69) is 13.8 Å². The molecule has 0 spiro atoms. The Labute approximate surface area is 170 Å². The van der Waals surface area contributed by atoms with Crippen LogP contribution in [0.1, 0.15) is 98.3 Å². The molecule has 7 nitrogen and oxygen atoms in total. The van der Waals surface area contributed by atoms with E-state index in [0.717, 1.165) is 51.4 Å². The van der Waals surface area contributed by atoms with Crippen LogP contribution in [0.15, 0.2) is 0 Å². The number of rotatable bonds is 16. The third-order valence-electron chi connectivity index (χ3n) is 4.55. The van der Waals surface area contributed by atoms with Crippen molar-refractivity contribution in [1.29, 1.82) is 0 Å². The molecule has 3 atom stereocenters. The Morgan fingerprint density at radius 2 is 1.29 bits per heavy atom. The first-order valence-electron chi connectivity index (χ1n) is 10.5. The summed E-state index contributed by atoms with van der Waals surface area (Å²) >= 11 is 0. The summed E-state index contributed by atoms with van der Waals surface area (Å²) in [6.07, 6.45) is 7.83. The summed E-state index contributed by atoms with van der Waals surface area (Å²) in [4.78, 5) is 24.2. The number of carbonyl (C=O) groups is 2. The molecule has 0 saturated carbocycles. The van der Waals surface area contributed by atoms with Crippen LogP contribution in [0, 0.1) is 0 Å². The molecule has 3 unspecified atom stereocenters. The summed E-state index contributed by atoms with van der Waals surface area (Å²) in [5, 5.41) is -1.95. The molecule has 0 bridgehead atoms. The molecule has 0 aliphatic heterocycles. The number of unbranched alkanes of at least 4 members (excludes halogenated alkanes) is 6. The molecule has 28 heavy (non-hydrogen) atoms. The van der Waals surface area contributed by atoms with Gasteiger partial charge in [0.15, 0.2) is 5.25 Å². The summed E-state index contributed by atoms with van der Waals surface area (Å²) in [5.41, 5.74) is 0. The molecular weight excluding hydrogens is 384 g/mol. The molecule has 1 N–H and O–H groups in total. The zero-order valence-corrected chi connectivity index (χ0v) is 18.6. The summed E-state index contributed by atoms with van der Waals surface area (Å²) in [6, 6.07) is 0. The molecule has 8 heteroatoms. The molecule has 0 rings (SSSR count). The standard InChI is InChI=1S/C20H38O7S/c1-5-7-9-11-13-16(3)26-19(21)15-18(28(23,24)25)20(22)27-17(4)14-12-10-8-6-2/h16-18H,5-15H2,1-4H3,(H,23,24,25). The smallest absolute Gasteiger partial charge is 0.327 e. The molecular formula is C20H38O7S. The SMILES string of the molecule is CCCCCCC(C)OC(=O)CC(C(=O)OC(C)CCCCCC)S(=O)(=O)O. The Morgan fingerprint density at radius 3 is 1.71 bits per heavy atom. The zero-order chi connectivity index (χ0) is 21.6. The molecule has 0 fully saturated rings. The number of hydrogen-bond donors (Lipinski definition) is 1. The Morgan fingerprint density at radius 1 is 0.821 bits per heavy atom. The minimum atomic E-state index is -4.77. The van der Waals surface area contributed by atoms with Gasteiger partial charge in [-0.1, -0.05) is 52.4 Å². The first-order valence-corrected chi connectivity index (χ1v) is 12.0. The van der Waals surface area contributed by atoms with Crippen molar-refractivity contribution in [3.63, 3.8) is 0 Å². The van der Waals surface area contributed by atoms with Crippen molar-refractivity contribution in [2.75, 3.05) is 0 Å². The van der Waals surface area contributed by atoms with E-state index in [9.17, 15) is 22.6 Å². The van der Waals surface area contributed by atoms with E-state index >= 15 is 0 Å². The van der Waals surface area contributed by atoms with E-state index in [-0.39, 0.29) is 6.10 Å². The highest BCUT2D eigenvalue weighted by Gasteiger charge is 2.36. The van der Waals surface area contributed by atoms with Gasteiger partial charge in [0.2, 0.25) is 0 Å². The van der Waals surface area contributed by atoms with Gasteiger partial charge in [-0.15, -0.1) is 0 Å². The maximum Gasteiger partial charge on any atom is 0.327 e. The number of esters is 2. The van der Waals surface area contributed by atoms with Gasteiger partial charge >= 0.3 is 11.9 Å². The first kappa shape index (κ1) is 26.9. The lowest BCUT2D eigenvalue weighted by Crippen LogP contribution is -2.36. The van der Waals surface area contributed by atoms with Gasteiger partial charge in [0.25, 0.3) is 10.1 Å². The van der Waals surface area contributed by atoms with Gasteiger partial charge in [0.1, 0.15) is 0 Å². The molecule has 0 aliphatic carbocycles. The van der Waals surface area contributed by atoms with E-state index in [0.29, 0.717) is 12.8 Å². The van der Waals surface area contributed by atoms with Gasteiger partial charge in [-0.05, 0) is 39.5 Å². The fourth-order valence-electron chi connectivity index (χ4n) is 2.84. The summed E-state index contributed by atoms with van der Waals surface area (Å²) < 4.78 is 42.8. The van der Waals surface area contributed by atoms with Crippen LogP contribution in [0.25, 0.3) is 0 Å². The van der Waals surface area contributed by atoms with Crippen molar-refractivity contribution in [3.05, 3.63) is 0 Å². The lowest BCUT2D eigenvalue weighted by Gasteiger charge is -2.18. The fraction of sp³-hybridized carbons (Fsp3) is 0.900. The van der Waals surface area contributed by atoms with E-state index in [4.69, 9.17) is 9.47 Å². The summed E-state index contributed by atoms with van der Waals surface area (Å²) in [6.45, 7) is 7.58. The van der Waals surface area contributed by atoms with Gasteiger partial charge in [0.05, 0.1) is 18.6 Å². The van der Waals surface area contributed by atoms with Crippen LogP contribution in [0.2, 0.25) is 0 Å². The predicted octanol–water partition coefficient (Wildman–Crippen LogP) is 4.44. The van der Waals surface area contributed by atoms with Crippen LogP contribution in [-0.2, 0) is 29.2 Å². The van der Waals surface area contributed by atoms with Crippen molar-refractivity contribution in [1.82, 2.24) is 0 Å². The number of hydrogen-bond acceptors (Lipinski definition) is 6. The molecule has 0 aromatic heterocycles. The molecule has 0 heterocycles. The van der Waals surface area contributed by atoms with Crippen LogP contribution >= 0.6 is 0 Å². The summed E-state index contributed by atoms with van der Waals surface area (Å²) in [7, 11) is -4.77. The predicted molar refractivity (Wildman–Crippen MR) is 109 cm³/mol. The third-order valence-corrected chi connectivity index (χ3v) is 5.63. The second-order valence-corrected chi connectivity index (χ2v) is 9.05. The lowest BCUT2D eigenvalue weighted by atomic mass is 10.1. The van der Waals surface area contributed by atoms with Gasteiger partial charge in [0, 0.05) is 0 Å². The topological polar surface area (TPSA) is 107 Å². The van der Waals surface area contributed by atoms with Gasteiger partial charge < -0.3 is 9.47 Å². The molecule has 0 aromatic rings. The zero-order valence-electron chi connectivity index (χ0n) is 17.8. The van der Waals surface area contributed by atoms with E-state index in [1.807, 2.05) is 0 Å². The largest absolute Gasteiger partial charge is 0.463 e. The van der Waals surface area contributed by atoms with Crippen LogP contribution in [-0.4, -0.2) is 42.4 Å². The Hall–Kier alpha value is -1.15. The highest BCUT2D eigenvalue weighted by Crippen LogP contribution is 2.15. The second kappa shape index (κ2) is 14.8. The monoisotopic (exact) mass is 422 g/mol. The maximum absolute atomic E-state index is 12.2. The molecule has 0 amide bonds. The van der Waals surface area contributed by atoms with Crippen molar-refractivity contribution in [2.24, 2.45) is 0 Å². The van der Waals surface area contributed by atoms with Gasteiger partial charge in [-0.3, -0.25) is 14.1 Å². The molecule has 0 radical (unpaired) electrons. The lowest BCUT2D eigenvalue weighted by molar-refractivity contribution is -0.155. The van der Waals surface area contributed by atoms with Crippen molar-refractivity contribution in [3.8, 4) is 0 Å². The normalized spacial score (nSPS) is 14.9. The summed E-state index contributed by atoms with van der Waals surface area (Å²) in [5.74, 6) is -1.95.